The summed E-state index contributed by atoms with van der Waals surface area (Å²) in [6.45, 7) is 22.9. The Morgan fingerprint density at radius 3 is 1.28 bits per heavy atom. The van der Waals surface area contributed by atoms with Gasteiger partial charge in [-0.25, -0.2) is 0 Å². The van der Waals surface area contributed by atoms with E-state index in [0.717, 1.165) is 11.2 Å². The summed E-state index contributed by atoms with van der Waals surface area (Å²) in [7, 11) is -3.78. The van der Waals surface area contributed by atoms with Crippen LogP contribution in [0.15, 0.2) is 40.8 Å². The second-order valence-corrected chi connectivity index (χ2v) is 19.5. The minimum Gasteiger partial charge on any atom is -0.456 e. The van der Waals surface area contributed by atoms with E-state index in [4.69, 9.17) is 4.42 Å². The van der Waals surface area contributed by atoms with Crippen LogP contribution >= 0.6 is 0 Å². The highest BCUT2D eigenvalue weighted by Gasteiger charge is 2.34. The number of hydrogen-bond acceptors (Lipinski definition) is 3. The molecule has 1 heterocycles. The van der Waals surface area contributed by atoms with Gasteiger partial charge in [-0.15, -0.1) is 0 Å². The molecule has 1 aromatic heterocycles. The van der Waals surface area contributed by atoms with Crippen molar-refractivity contribution < 1.29 is 4.42 Å². The van der Waals surface area contributed by atoms with Gasteiger partial charge in [-0.05, 0) is 51.9 Å². The Kier molecular flexibility index (Phi) is 5.44. The summed E-state index contributed by atoms with van der Waals surface area (Å²) in [5.41, 5.74) is 2.26. The predicted molar refractivity (Wildman–Crippen MR) is 134 cm³/mol. The van der Waals surface area contributed by atoms with Gasteiger partial charge in [-0.2, -0.15) is 0 Å². The van der Waals surface area contributed by atoms with E-state index >= 15 is 0 Å². The molecule has 0 unspecified atom stereocenters. The maximum atomic E-state index is 6.71. The molecule has 0 radical (unpaired) electrons. The molecule has 2 N–H and O–H groups in total. The summed E-state index contributed by atoms with van der Waals surface area (Å²) in [6, 6.07) is 13.3. The Labute approximate surface area is 178 Å². The molecule has 0 fully saturated rings. The van der Waals surface area contributed by atoms with Gasteiger partial charge in [0, 0.05) is 21.9 Å². The Balaban J connectivity index is 2.24. The topological polar surface area (TPSA) is 37.2 Å². The molecule has 5 heteroatoms. The van der Waals surface area contributed by atoms with Crippen molar-refractivity contribution in [1.29, 1.82) is 0 Å². The van der Waals surface area contributed by atoms with Gasteiger partial charge in [-0.1, -0.05) is 62.6 Å². The van der Waals surface area contributed by atoms with Gasteiger partial charge in [-0.3, -0.25) is 0 Å². The molecule has 3 aromatic rings. The number of furan rings is 1. The summed E-state index contributed by atoms with van der Waals surface area (Å²) in [5.74, 6) is 0. The third kappa shape index (κ3) is 4.69. The van der Waals surface area contributed by atoms with E-state index in [2.05, 4.69) is 114 Å². The molecule has 0 atom stereocenters. The summed E-state index contributed by atoms with van der Waals surface area (Å²) < 4.78 is 6.71. The molecule has 2 aromatic carbocycles. The van der Waals surface area contributed by atoms with Crippen molar-refractivity contribution in [3.05, 3.63) is 36.4 Å². The number of hydrogen-bond donors (Lipinski definition) is 2. The second-order valence-electron chi connectivity index (χ2n) is 11.5. The standard InChI is InChI=1S/C24H38N2OSi2/c1-23(2,3)25-28(7,8)19-15-11-13-17-18-14-12-16-20(22(18)27-21(17)19)29(9,10)26-24(4,5)6/h11-16,25-26H,1-10H3. The maximum absolute atomic E-state index is 6.71. The van der Waals surface area contributed by atoms with Crippen LogP contribution in [0.1, 0.15) is 41.5 Å². The van der Waals surface area contributed by atoms with Crippen molar-refractivity contribution in [2.45, 2.75) is 78.8 Å². The third-order valence-electron chi connectivity index (χ3n) is 5.25. The molecule has 3 rings (SSSR count). The fraction of sp³-hybridized carbons (Fsp3) is 0.500. The Morgan fingerprint density at radius 1 is 0.621 bits per heavy atom. The molecule has 0 amide bonds. The van der Waals surface area contributed by atoms with E-state index in [9.17, 15) is 0 Å². The van der Waals surface area contributed by atoms with Crippen molar-refractivity contribution in [2.24, 2.45) is 0 Å². The molecular weight excluding hydrogens is 388 g/mol. The first kappa shape index (κ1) is 22.3. The third-order valence-corrected chi connectivity index (χ3v) is 11.5. The zero-order valence-corrected chi connectivity index (χ0v) is 21.9. The lowest BCUT2D eigenvalue weighted by atomic mass is 10.1. The van der Waals surface area contributed by atoms with Crippen molar-refractivity contribution in [2.75, 3.05) is 0 Å². The molecule has 158 valence electrons. The highest BCUT2D eigenvalue weighted by Crippen LogP contribution is 2.29. The van der Waals surface area contributed by atoms with Gasteiger partial charge in [0.05, 0.1) is 0 Å². The summed E-state index contributed by atoms with van der Waals surface area (Å²) in [5, 5.41) is 5.15. The van der Waals surface area contributed by atoms with Crippen molar-refractivity contribution in [3.63, 3.8) is 0 Å². The summed E-state index contributed by atoms with van der Waals surface area (Å²) in [6.07, 6.45) is 0. The number of nitrogens with one attached hydrogen (secondary N) is 2. The van der Waals surface area contributed by atoms with E-state index < -0.39 is 16.5 Å². The van der Waals surface area contributed by atoms with Crippen LogP contribution < -0.4 is 20.3 Å². The van der Waals surface area contributed by atoms with E-state index in [-0.39, 0.29) is 11.1 Å². The Hall–Kier alpha value is -1.41. The largest absolute Gasteiger partial charge is 0.456 e. The van der Waals surface area contributed by atoms with Crippen LogP contribution in [0.25, 0.3) is 21.9 Å². The van der Waals surface area contributed by atoms with Crippen LogP contribution in [0.5, 0.6) is 0 Å². The number of para-hydroxylation sites is 2. The highest BCUT2D eigenvalue weighted by atomic mass is 28.3. The van der Waals surface area contributed by atoms with Gasteiger partial charge < -0.3 is 14.4 Å². The molecule has 29 heavy (non-hydrogen) atoms. The first-order valence-corrected chi connectivity index (χ1v) is 16.6. The van der Waals surface area contributed by atoms with Crippen LogP contribution in [-0.4, -0.2) is 27.5 Å². The van der Waals surface area contributed by atoms with Gasteiger partial charge in [0.2, 0.25) is 0 Å². The number of benzene rings is 2. The Bertz CT molecular complexity index is 954. The molecule has 0 bridgehead atoms. The minimum absolute atomic E-state index is 0.0700. The van der Waals surface area contributed by atoms with Gasteiger partial charge in [0.15, 0.2) is 16.5 Å². The van der Waals surface area contributed by atoms with Crippen LogP contribution in [0.3, 0.4) is 0 Å². The van der Waals surface area contributed by atoms with E-state index in [1.807, 2.05) is 0 Å². The van der Waals surface area contributed by atoms with Crippen LogP contribution in [0, 0.1) is 0 Å². The predicted octanol–water partition coefficient (Wildman–Crippen LogP) is 5.19. The molecule has 3 nitrogen and oxygen atoms in total. The average Bonchev–Trinajstić information content (AvgIpc) is 2.88. The number of fused-ring (bicyclic) bond motifs is 3. The Morgan fingerprint density at radius 2 is 0.966 bits per heavy atom. The normalized spacial score (nSPS) is 14.1. The average molecular weight is 427 g/mol. The quantitative estimate of drug-likeness (QED) is 0.564. The highest BCUT2D eigenvalue weighted by molar-refractivity contribution is 6.90. The van der Waals surface area contributed by atoms with Crippen LogP contribution in [0.2, 0.25) is 26.2 Å². The second kappa shape index (κ2) is 7.08. The zero-order valence-electron chi connectivity index (χ0n) is 19.9. The van der Waals surface area contributed by atoms with Crippen LogP contribution in [0.4, 0.5) is 0 Å². The molecule has 0 aliphatic rings. The molecule has 0 spiro atoms. The first-order chi connectivity index (χ1) is 13.1. The lowest BCUT2D eigenvalue weighted by Crippen LogP contribution is -2.62. The van der Waals surface area contributed by atoms with Crippen molar-refractivity contribution in [1.82, 2.24) is 9.96 Å². The SMILES string of the molecule is CC(C)(C)N[Si](C)(C)c1cccc2c1oc1c([Si](C)(C)NC(C)(C)C)cccc12. The fourth-order valence-corrected chi connectivity index (χ4v) is 11.4. The molecular formula is C24H38N2OSi2. The van der Waals surface area contributed by atoms with Gasteiger partial charge >= 0.3 is 0 Å². The molecule has 0 saturated heterocycles. The van der Waals surface area contributed by atoms with E-state index in [1.54, 1.807) is 0 Å². The number of rotatable bonds is 4. The van der Waals surface area contributed by atoms with Crippen molar-refractivity contribution in [3.8, 4) is 0 Å². The molecule has 0 saturated carbocycles. The molecule has 0 aliphatic heterocycles. The smallest absolute Gasteiger partial charge is 0.156 e. The summed E-state index contributed by atoms with van der Waals surface area (Å²) in [4.78, 5) is 7.80. The van der Waals surface area contributed by atoms with E-state index in [1.165, 1.54) is 21.1 Å². The summed E-state index contributed by atoms with van der Waals surface area (Å²) >= 11 is 0. The van der Waals surface area contributed by atoms with Crippen molar-refractivity contribution >= 4 is 48.8 Å². The maximum Gasteiger partial charge on any atom is 0.156 e. The van der Waals surface area contributed by atoms with Gasteiger partial charge in [0.1, 0.15) is 11.2 Å². The fourth-order valence-electron chi connectivity index (χ4n) is 4.81. The lowest BCUT2D eigenvalue weighted by Gasteiger charge is -2.33. The monoisotopic (exact) mass is 426 g/mol. The zero-order chi connectivity index (χ0) is 21.8. The van der Waals surface area contributed by atoms with E-state index in [0.29, 0.717) is 0 Å². The molecule has 0 aliphatic carbocycles. The van der Waals surface area contributed by atoms with Crippen LogP contribution in [-0.2, 0) is 0 Å². The lowest BCUT2D eigenvalue weighted by molar-refractivity contribution is 0.515. The first-order valence-electron chi connectivity index (χ1n) is 10.6. The van der Waals surface area contributed by atoms with Gasteiger partial charge in [0.25, 0.3) is 0 Å². The minimum atomic E-state index is -1.89.